The smallest absolute Gasteiger partial charge is 0.316 e. The van der Waals surface area contributed by atoms with E-state index in [4.69, 9.17) is 10.5 Å². The topological polar surface area (TPSA) is 162 Å². The van der Waals surface area contributed by atoms with Gasteiger partial charge in [-0.15, -0.1) is 10.2 Å². The summed E-state index contributed by atoms with van der Waals surface area (Å²) in [6.07, 6.45) is 0.721. The van der Waals surface area contributed by atoms with Crippen LogP contribution in [0.1, 0.15) is 24.3 Å². The van der Waals surface area contributed by atoms with Crippen LogP contribution in [0, 0.1) is 0 Å². The predicted molar refractivity (Wildman–Crippen MR) is 121 cm³/mol. The van der Waals surface area contributed by atoms with Gasteiger partial charge in [0.1, 0.15) is 5.54 Å². The maximum absolute atomic E-state index is 13.1. The first-order chi connectivity index (χ1) is 16.7. The van der Waals surface area contributed by atoms with Crippen LogP contribution in [0.25, 0.3) is 27.3 Å². The summed E-state index contributed by atoms with van der Waals surface area (Å²) in [5.41, 5.74) is 5.60. The summed E-state index contributed by atoms with van der Waals surface area (Å²) >= 11 is -1.97. The number of nitrogens with two attached hydrogens (primary N) is 1. The van der Waals surface area contributed by atoms with E-state index < -0.39 is 34.1 Å². The first-order valence-corrected chi connectivity index (χ1v) is 11.9. The van der Waals surface area contributed by atoms with Gasteiger partial charge in [-0.2, -0.15) is 10.1 Å². The number of carbonyl (C=O) groups excluding carboxylic acids is 1. The van der Waals surface area contributed by atoms with Gasteiger partial charge in [0.15, 0.2) is 5.01 Å². The van der Waals surface area contributed by atoms with Crippen molar-refractivity contribution in [2.45, 2.75) is 24.8 Å². The third-order valence-corrected chi connectivity index (χ3v) is 7.30. The molecule has 3 aromatic heterocycles. The number of primary amides is 1. The molecule has 1 unspecified atom stereocenters. The molecular weight excluding hydrogens is 506 g/mol. The summed E-state index contributed by atoms with van der Waals surface area (Å²) in [5.74, 6) is -0.746. The van der Waals surface area contributed by atoms with Gasteiger partial charge >= 0.3 is 6.01 Å². The molecule has 4 aromatic rings. The normalized spacial score (nSPS) is 15.3. The lowest BCUT2D eigenvalue weighted by Crippen LogP contribution is -2.48. The maximum atomic E-state index is 13.1. The fraction of sp³-hybridized carbons (Fsp3) is 0.263. The van der Waals surface area contributed by atoms with Crippen molar-refractivity contribution in [1.82, 2.24) is 29.9 Å². The molecule has 35 heavy (non-hydrogen) atoms. The summed E-state index contributed by atoms with van der Waals surface area (Å²) in [6, 6.07) is 4.75. The van der Waals surface area contributed by atoms with Crippen LogP contribution in [0.3, 0.4) is 0 Å². The van der Waals surface area contributed by atoms with Crippen molar-refractivity contribution >= 4 is 45.1 Å². The second-order valence-corrected chi connectivity index (χ2v) is 9.37. The van der Waals surface area contributed by atoms with E-state index in [-0.39, 0.29) is 29.7 Å². The van der Waals surface area contributed by atoms with Crippen molar-refractivity contribution in [1.29, 1.82) is 0 Å². The summed E-state index contributed by atoms with van der Waals surface area (Å²) < 4.78 is 56.2. The summed E-state index contributed by atoms with van der Waals surface area (Å²) in [4.78, 5) is 20.5. The molecule has 0 bridgehead atoms. The Labute approximate surface area is 202 Å². The van der Waals surface area contributed by atoms with E-state index in [1.807, 2.05) is 0 Å². The number of rotatable bonds is 8. The average Bonchev–Trinajstić information content (AvgIpc) is 3.27. The quantitative estimate of drug-likeness (QED) is 0.330. The fourth-order valence-electron chi connectivity index (χ4n) is 3.74. The van der Waals surface area contributed by atoms with Crippen LogP contribution in [0.2, 0.25) is 0 Å². The minimum absolute atomic E-state index is 0.0615. The molecule has 1 amide bonds. The molecule has 1 aliphatic rings. The second kappa shape index (κ2) is 8.54. The lowest BCUT2D eigenvalue weighted by atomic mass is 10.0. The number of aromatic nitrogens is 6. The van der Waals surface area contributed by atoms with Gasteiger partial charge in [0.2, 0.25) is 11.0 Å². The standard InChI is InChI=1S/C19H16F2N8O4S2/c1-33-17-23-5-2-12(25-17)10-6-9(29(35(31)32)19(3-4-19)16(22)30)7-13-11(10)8-24-28(13)18-27-26-15(34-18)14(20)21/h2,5-8,14H,3-4H2,1H3,(H2,22,30)(H,31,32). The number of benzene rings is 1. The molecule has 16 heteroatoms. The largest absolute Gasteiger partial charge is 0.467 e. The minimum Gasteiger partial charge on any atom is -0.467 e. The maximum Gasteiger partial charge on any atom is 0.316 e. The van der Waals surface area contributed by atoms with Gasteiger partial charge in [0, 0.05) is 17.1 Å². The number of amides is 1. The third-order valence-electron chi connectivity index (χ3n) is 5.52. The lowest BCUT2D eigenvalue weighted by Gasteiger charge is -2.28. The van der Waals surface area contributed by atoms with E-state index in [2.05, 4.69) is 25.3 Å². The van der Waals surface area contributed by atoms with Crippen molar-refractivity contribution in [3.05, 3.63) is 35.6 Å². The number of carbonyl (C=O) groups is 1. The predicted octanol–water partition coefficient (Wildman–Crippen LogP) is 2.24. The number of methoxy groups -OCH3 is 1. The molecule has 3 heterocycles. The summed E-state index contributed by atoms with van der Waals surface area (Å²) in [6.45, 7) is 0. The van der Waals surface area contributed by atoms with Crippen molar-refractivity contribution in [2.24, 2.45) is 5.73 Å². The number of alkyl halides is 2. The molecule has 5 rings (SSSR count). The monoisotopic (exact) mass is 522 g/mol. The first-order valence-electron chi connectivity index (χ1n) is 9.97. The first kappa shape index (κ1) is 23.1. The Balaban J connectivity index is 1.77. The molecule has 12 nitrogen and oxygen atoms in total. The van der Waals surface area contributed by atoms with Crippen molar-refractivity contribution < 1.29 is 27.1 Å². The second-order valence-electron chi connectivity index (χ2n) is 7.56. The van der Waals surface area contributed by atoms with E-state index in [1.54, 1.807) is 12.1 Å². The highest BCUT2D eigenvalue weighted by molar-refractivity contribution is 7.80. The van der Waals surface area contributed by atoms with Gasteiger partial charge in [-0.1, -0.05) is 11.3 Å². The third kappa shape index (κ3) is 3.88. The molecule has 182 valence electrons. The van der Waals surface area contributed by atoms with Gasteiger partial charge in [-0.25, -0.2) is 22.7 Å². The number of ether oxygens (including phenoxy) is 1. The van der Waals surface area contributed by atoms with Crippen molar-refractivity contribution in [2.75, 3.05) is 11.4 Å². The van der Waals surface area contributed by atoms with Crippen LogP contribution in [0.15, 0.2) is 30.6 Å². The van der Waals surface area contributed by atoms with E-state index in [9.17, 15) is 22.3 Å². The fourth-order valence-corrected chi connectivity index (χ4v) is 5.27. The zero-order valence-corrected chi connectivity index (χ0v) is 19.5. The van der Waals surface area contributed by atoms with Crippen LogP contribution in [-0.4, -0.2) is 57.3 Å². The molecule has 0 aliphatic heterocycles. The van der Waals surface area contributed by atoms with Crippen LogP contribution in [0.4, 0.5) is 14.5 Å². The molecule has 1 atom stereocenters. The Kier molecular flexibility index (Phi) is 5.65. The highest BCUT2D eigenvalue weighted by Crippen LogP contribution is 2.46. The Morgan fingerprint density at radius 2 is 2.14 bits per heavy atom. The molecular formula is C19H16F2N8O4S2. The molecule has 1 saturated carbocycles. The van der Waals surface area contributed by atoms with Crippen LogP contribution < -0.4 is 14.8 Å². The van der Waals surface area contributed by atoms with Gasteiger partial charge < -0.3 is 10.5 Å². The molecule has 0 spiro atoms. The van der Waals surface area contributed by atoms with Gasteiger partial charge in [-0.3, -0.25) is 13.7 Å². The Morgan fingerprint density at radius 3 is 2.74 bits per heavy atom. The SMILES string of the molecule is COc1nccc(-c2cc(N(S(=O)O)C3(C(N)=O)CC3)cc3c2cnn3-c2nnc(C(F)F)s2)n1. The summed E-state index contributed by atoms with van der Waals surface area (Å²) in [7, 11) is 1.40. The number of anilines is 1. The number of halogens is 2. The molecule has 1 fully saturated rings. The molecule has 0 saturated heterocycles. The van der Waals surface area contributed by atoms with Gasteiger partial charge in [-0.05, 0) is 31.0 Å². The Morgan fingerprint density at radius 1 is 1.37 bits per heavy atom. The number of hydrogen-bond donors (Lipinski definition) is 2. The molecule has 1 aromatic carbocycles. The molecule has 3 N–H and O–H groups in total. The molecule has 1 aliphatic carbocycles. The van der Waals surface area contributed by atoms with E-state index >= 15 is 0 Å². The minimum atomic E-state index is -2.81. The number of fused-ring (bicyclic) bond motifs is 1. The highest BCUT2D eigenvalue weighted by atomic mass is 32.2. The zero-order chi connectivity index (χ0) is 24.9. The van der Waals surface area contributed by atoms with Crippen molar-refractivity contribution in [3.63, 3.8) is 0 Å². The van der Waals surface area contributed by atoms with Crippen LogP contribution in [-0.2, 0) is 16.1 Å². The van der Waals surface area contributed by atoms with E-state index in [0.29, 0.717) is 33.5 Å². The average molecular weight is 523 g/mol. The highest BCUT2D eigenvalue weighted by Gasteiger charge is 2.56. The molecule has 0 radical (unpaired) electrons. The van der Waals surface area contributed by atoms with Crippen molar-refractivity contribution in [3.8, 4) is 22.4 Å². The van der Waals surface area contributed by atoms with E-state index in [1.165, 1.54) is 30.3 Å². The Hall–Kier alpha value is -3.63. The lowest BCUT2D eigenvalue weighted by molar-refractivity contribution is -0.119. The number of hydrogen-bond acceptors (Lipinski definition) is 9. The van der Waals surface area contributed by atoms with E-state index in [0.717, 1.165) is 4.31 Å². The Bertz CT molecular complexity index is 1470. The van der Waals surface area contributed by atoms with Crippen LogP contribution in [0.5, 0.6) is 6.01 Å². The summed E-state index contributed by atoms with van der Waals surface area (Å²) in [5, 5.41) is 11.7. The van der Waals surface area contributed by atoms with Crippen LogP contribution >= 0.6 is 11.3 Å². The zero-order valence-electron chi connectivity index (χ0n) is 17.8. The van der Waals surface area contributed by atoms with Gasteiger partial charge in [0.25, 0.3) is 17.7 Å². The van der Waals surface area contributed by atoms with Gasteiger partial charge in [0.05, 0.1) is 30.2 Å². The number of nitrogens with zero attached hydrogens (tertiary/aromatic N) is 7.